The molecule has 1 aromatic heterocycles. The second-order valence-corrected chi connectivity index (χ2v) is 8.20. The van der Waals surface area contributed by atoms with E-state index in [1.54, 1.807) is 6.20 Å². The summed E-state index contributed by atoms with van der Waals surface area (Å²) in [5.41, 5.74) is 4.35. The van der Waals surface area contributed by atoms with Gasteiger partial charge in [0.05, 0.1) is 5.41 Å². The minimum atomic E-state index is -0.391. The molecule has 1 aliphatic rings. The molecule has 0 bridgehead atoms. The largest absolute Gasteiger partial charge is 0.356 e. The van der Waals surface area contributed by atoms with Gasteiger partial charge < -0.3 is 5.32 Å². The highest BCUT2D eigenvalue weighted by Crippen LogP contribution is 2.36. The molecule has 2 aromatic carbocycles. The first-order valence-electron chi connectivity index (χ1n) is 10.7. The number of rotatable bonds is 7. The Morgan fingerprint density at radius 1 is 1.03 bits per heavy atom. The number of nitrogens with zero attached hydrogens (tertiary/aromatic N) is 2. The van der Waals surface area contributed by atoms with Gasteiger partial charge in [0.1, 0.15) is 0 Å². The number of aromatic nitrogens is 1. The molecule has 4 nitrogen and oxygen atoms in total. The van der Waals surface area contributed by atoms with Gasteiger partial charge in [-0.1, -0.05) is 60.7 Å². The standard InChI is InChI=1S/C26H29N3O/c1-2-28-25(30)26(13-15-29(20-26)19-21-8-4-3-5-9-21)17-22-10-6-11-23(16-22)24-12-7-14-27-18-24/h3-12,14,16,18H,2,13,15,17,19-20H2,1H3,(H,28,30)/t26-/m1/s1. The van der Waals surface area contributed by atoms with E-state index in [4.69, 9.17) is 0 Å². The molecule has 3 aromatic rings. The van der Waals surface area contributed by atoms with Gasteiger partial charge in [0.25, 0.3) is 0 Å². The van der Waals surface area contributed by atoms with Crippen LogP contribution in [0.1, 0.15) is 24.5 Å². The summed E-state index contributed by atoms with van der Waals surface area (Å²) in [5.74, 6) is 0.173. The van der Waals surface area contributed by atoms with Crippen LogP contribution in [0.5, 0.6) is 0 Å². The molecule has 1 N–H and O–H groups in total. The molecule has 4 heteroatoms. The summed E-state index contributed by atoms with van der Waals surface area (Å²) in [6.45, 7) is 5.26. The average Bonchev–Trinajstić information content (AvgIpc) is 3.19. The smallest absolute Gasteiger partial charge is 0.227 e. The highest BCUT2D eigenvalue weighted by molar-refractivity contribution is 5.83. The number of carbonyl (C=O) groups excluding carboxylic acids is 1. The Hall–Kier alpha value is -2.98. The van der Waals surface area contributed by atoms with Crippen LogP contribution in [-0.4, -0.2) is 35.4 Å². The Bertz CT molecular complexity index is 974. The van der Waals surface area contributed by atoms with Gasteiger partial charge in [-0.05, 0) is 54.6 Å². The Kier molecular flexibility index (Phi) is 6.24. The third-order valence-corrected chi connectivity index (χ3v) is 5.97. The minimum absolute atomic E-state index is 0.173. The number of benzene rings is 2. The van der Waals surface area contributed by atoms with Gasteiger partial charge in [-0.25, -0.2) is 0 Å². The third kappa shape index (κ3) is 4.60. The van der Waals surface area contributed by atoms with E-state index in [9.17, 15) is 4.79 Å². The van der Waals surface area contributed by atoms with Gasteiger partial charge >= 0.3 is 0 Å². The number of pyridine rings is 1. The summed E-state index contributed by atoms with van der Waals surface area (Å²) in [4.78, 5) is 19.8. The zero-order chi connectivity index (χ0) is 20.8. The Balaban J connectivity index is 1.56. The lowest BCUT2D eigenvalue weighted by Crippen LogP contribution is -2.44. The van der Waals surface area contributed by atoms with Crippen LogP contribution in [0.15, 0.2) is 79.1 Å². The van der Waals surface area contributed by atoms with E-state index >= 15 is 0 Å². The van der Waals surface area contributed by atoms with Crippen LogP contribution in [0.2, 0.25) is 0 Å². The molecule has 1 atom stereocenters. The van der Waals surface area contributed by atoms with Crippen LogP contribution in [0, 0.1) is 5.41 Å². The first-order valence-corrected chi connectivity index (χ1v) is 10.7. The molecule has 0 unspecified atom stereocenters. The van der Waals surface area contributed by atoms with E-state index in [2.05, 4.69) is 69.8 Å². The normalized spacial score (nSPS) is 19.0. The van der Waals surface area contributed by atoms with Crippen molar-refractivity contribution < 1.29 is 4.79 Å². The Labute approximate surface area is 179 Å². The van der Waals surface area contributed by atoms with Crippen molar-refractivity contribution in [1.82, 2.24) is 15.2 Å². The minimum Gasteiger partial charge on any atom is -0.356 e. The molecule has 1 fully saturated rings. The molecule has 0 aliphatic carbocycles. The summed E-state index contributed by atoms with van der Waals surface area (Å²) in [6.07, 6.45) is 5.30. The molecular formula is C26H29N3O. The zero-order valence-corrected chi connectivity index (χ0v) is 17.6. The van der Waals surface area contributed by atoms with Gasteiger partial charge in [-0.3, -0.25) is 14.7 Å². The van der Waals surface area contributed by atoms with Crippen LogP contribution in [0.25, 0.3) is 11.1 Å². The fourth-order valence-corrected chi connectivity index (χ4v) is 4.48. The monoisotopic (exact) mass is 399 g/mol. The maximum atomic E-state index is 13.2. The number of nitrogens with one attached hydrogen (secondary N) is 1. The molecule has 154 valence electrons. The Morgan fingerprint density at radius 2 is 1.83 bits per heavy atom. The maximum absolute atomic E-state index is 13.2. The Morgan fingerprint density at radius 3 is 2.60 bits per heavy atom. The predicted octanol–water partition coefficient (Wildman–Crippen LogP) is 4.32. The van der Waals surface area contributed by atoms with Gasteiger partial charge in [0, 0.05) is 32.0 Å². The van der Waals surface area contributed by atoms with Gasteiger partial charge in [-0.15, -0.1) is 0 Å². The van der Waals surface area contributed by atoms with Gasteiger partial charge in [0.15, 0.2) is 0 Å². The first kappa shape index (κ1) is 20.3. The third-order valence-electron chi connectivity index (χ3n) is 5.97. The van der Waals surface area contributed by atoms with Crippen LogP contribution in [-0.2, 0) is 17.8 Å². The summed E-state index contributed by atoms with van der Waals surface area (Å²) in [7, 11) is 0. The molecule has 1 saturated heterocycles. The van der Waals surface area contributed by atoms with Crippen LogP contribution in [0.3, 0.4) is 0 Å². The SMILES string of the molecule is CCNC(=O)[C@@]1(Cc2cccc(-c3cccnc3)c2)CCN(Cc2ccccc2)C1. The van der Waals surface area contributed by atoms with E-state index in [1.165, 1.54) is 11.1 Å². The van der Waals surface area contributed by atoms with Crippen molar-refractivity contribution >= 4 is 5.91 Å². The molecule has 0 radical (unpaired) electrons. The van der Waals surface area contributed by atoms with Gasteiger partial charge in [-0.2, -0.15) is 0 Å². The van der Waals surface area contributed by atoms with E-state index in [1.807, 2.05) is 25.3 Å². The van der Waals surface area contributed by atoms with Crippen molar-refractivity contribution in [3.63, 3.8) is 0 Å². The molecule has 1 aliphatic heterocycles. The van der Waals surface area contributed by atoms with E-state index in [0.717, 1.165) is 43.6 Å². The quantitative estimate of drug-likeness (QED) is 0.644. The zero-order valence-electron chi connectivity index (χ0n) is 17.6. The van der Waals surface area contributed by atoms with Crippen molar-refractivity contribution in [2.75, 3.05) is 19.6 Å². The fraction of sp³-hybridized carbons (Fsp3) is 0.308. The van der Waals surface area contributed by atoms with Crippen molar-refractivity contribution in [2.24, 2.45) is 5.41 Å². The molecule has 2 heterocycles. The van der Waals surface area contributed by atoms with Crippen molar-refractivity contribution in [1.29, 1.82) is 0 Å². The van der Waals surface area contributed by atoms with Crippen LogP contribution < -0.4 is 5.32 Å². The fourth-order valence-electron chi connectivity index (χ4n) is 4.48. The highest BCUT2D eigenvalue weighted by atomic mass is 16.2. The lowest BCUT2D eigenvalue weighted by atomic mass is 9.79. The molecule has 30 heavy (non-hydrogen) atoms. The molecule has 1 amide bonds. The molecular weight excluding hydrogens is 370 g/mol. The molecule has 4 rings (SSSR count). The topological polar surface area (TPSA) is 45.2 Å². The predicted molar refractivity (Wildman–Crippen MR) is 121 cm³/mol. The second kappa shape index (κ2) is 9.23. The van der Waals surface area contributed by atoms with E-state index < -0.39 is 5.41 Å². The number of likely N-dealkylation sites (tertiary alicyclic amines) is 1. The molecule has 0 saturated carbocycles. The van der Waals surface area contributed by atoms with Crippen molar-refractivity contribution in [3.8, 4) is 11.1 Å². The maximum Gasteiger partial charge on any atom is 0.227 e. The molecule has 0 spiro atoms. The number of amides is 1. The first-order chi connectivity index (χ1) is 14.7. The second-order valence-electron chi connectivity index (χ2n) is 8.20. The number of hydrogen-bond donors (Lipinski definition) is 1. The van der Waals surface area contributed by atoms with Crippen molar-refractivity contribution in [3.05, 3.63) is 90.3 Å². The van der Waals surface area contributed by atoms with E-state index in [-0.39, 0.29) is 5.91 Å². The summed E-state index contributed by atoms with van der Waals surface area (Å²) in [5, 5.41) is 3.10. The van der Waals surface area contributed by atoms with Crippen molar-refractivity contribution in [2.45, 2.75) is 26.3 Å². The highest BCUT2D eigenvalue weighted by Gasteiger charge is 2.44. The lowest BCUT2D eigenvalue weighted by Gasteiger charge is -2.28. The van der Waals surface area contributed by atoms with Gasteiger partial charge in [0.2, 0.25) is 5.91 Å². The summed E-state index contributed by atoms with van der Waals surface area (Å²) in [6, 6.07) is 23.1. The van der Waals surface area contributed by atoms with Crippen LogP contribution >= 0.6 is 0 Å². The van der Waals surface area contributed by atoms with Crippen LogP contribution in [0.4, 0.5) is 0 Å². The number of carbonyl (C=O) groups is 1. The van der Waals surface area contributed by atoms with E-state index in [0.29, 0.717) is 6.54 Å². The summed E-state index contributed by atoms with van der Waals surface area (Å²) < 4.78 is 0. The average molecular weight is 400 g/mol. The lowest BCUT2D eigenvalue weighted by molar-refractivity contribution is -0.130. The number of hydrogen-bond acceptors (Lipinski definition) is 3. The summed E-state index contributed by atoms with van der Waals surface area (Å²) >= 11 is 0.